The van der Waals surface area contributed by atoms with Gasteiger partial charge in [-0.2, -0.15) is 4.31 Å². The van der Waals surface area contributed by atoms with E-state index in [9.17, 15) is 18.3 Å². The number of nitrogens with zero attached hydrogens (tertiary/aromatic N) is 1. The number of H-pyrrole nitrogens is 1. The van der Waals surface area contributed by atoms with Crippen molar-refractivity contribution in [3.8, 4) is 0 Å². The van der Waals surface area contributed by atoms with Gasteiger partial charge in [-0.3, -0.25) is 4.79 Å². The number of para-hydroxylation sites is 1. The molecule has 2 N–H and O–H groups in total. The van der Waals surface area contributed by atoms with E-state index in [1.807, 2.05) is 31.2 Å². The number of aromatic amines is 1. The van der Waals surface area contributed by atoms with Crippen LogP contribution in [-0.2, 0) is 21.2 Å². The molecular formula is C20H20N2O4S. The molecule has 0 bridgehead atoms. The van der Waals surface area contributed by atoms with Gasteiger partial charge in [-0.1, -0.05) is 35.9 Å². The van der Waals surface area contributed by atoms with Crippen molar-refractivity contribution in [3.05, 3.63) is 65.4 Å². The summed E-state index contributed by atoms with van der Waals surface area (Å²) in [5, 5.41) is 10.7. The summed E-state index contributed by atoms with van der Waals surface area (Å²) in [6.45, 7) is 3.60. The van der Waals surface area contributed by atoms with Gasteiger partial charge >= 0.3 is 5.97 Å². The smallest absolute Gasteiger partial charge is 0.322 e. The Hall–Kier alpha value is -2.64. The first-order valence-electron chi connectivity index (χ1n) is 8.73. The summed E-state index contributed by atoms with van der Waals surface area (Å²) in [4.78, 5) is 15.4. The van der Waals surface area contributed by atoms with Gasteiger partial charge in [-0.05, 0) is 37.6 Å². The van der Waals surface area contributed by atoms with Crippen molar-refractivity contribution >= 4 is 26.9 Å². The van der Waals surface area contributed by atoms with Crippen molar-refractivity contribution in [3.63, 3.8) is 0 Å². The zero-order valence-electron chi connectivity index (χ0n) is 15.0. The number of carbonyl (C=O) groups is 1. The maximum Gasteiger partial charge on any atom is 0.322 e. The molecule has 27 heavy (non-hydrogen) atoms. The standard InChI is InChI=1S/C20H20N2O4S/c1-12-7-9-14(10-8-12)27(25,26)22-13(2)19-16(11-18(22)20(23)24)15-5-3-4-6-17(15)21-19/h3-10,13,18,21H,11H2,1-2H3,(H,23,24). The molecule has 6 nitrogen and oxygen atoms in total. The predicted octanol–water partition coefficient (Wildman–Crippen LogP) is 3.24. The normalized spacial score (nSPS) is 20.5. The first kappa shape index (κ1) is 17.8. The number of fused-ring (bicyclic) bond motifs is 3. The summed E-state index contributed by atoms with van der Waals surface area (Å²) >= 11 is 0. The second-order valence-electron chi connectivity index (χ2n) is 6.94. The minimum absolute atomic E-state index is 0.103. The van der Waals surface area contributed by atoms with Crippen LogP contribution in [0, 0.1) is 6.92 Å². The predicted molar refractivity (Wildman–Crippen MR) is 102 cm³/mol. The molecule has 0 aliphatic carbocycles. The largest absolute Gasteiger partial charge is 0.480 e. The number of benzene rings is 2. The fourth-order valence-corrected chi connectivity index (χ4v) is 5.63. The lowest BCUT2D eigenvalue weighted by atomic mass is 9.94. The molecule has 7 heteroatoms. The Morgan fingerprint density at radius 3 is 2.48 bits per heavy atom. The molecule has 4 rings (SSSR count). The average molecular weight is 384 g/mol. The zero-order valence-corrected chi connectivity index (χ0v) is 15.8. The number of aryl methyl sites for hydroxylation is 1. The summed E-state index contributed by atoms with van der Waals surface area (Å²) in [5.41, 5.74) is 3.45. The highest BCUT2D eigenvalue weighted by molar-refractivity contribution is 7.89. The highest BCUT2D eigenvalue weighted by Gasteiger charge is 2.45. The fraction of sp³-hybridized carbons (Fsp3) is 0.250. The van der Waals surface area contributed by atoms with E-state index in [2.05, 4.69) is 4.98 Å². The molecule has 2 heterocycles. The topological polar surface area (TPSA) is 90.5 Å². The Balaban J connectivity index is 1.88. The molecule has 2 unspecified atom stereocenters. The number of sulfonamides is 1. The molecule has 0 amide bonds. The van der Waals surface area contributed by atoms with Gasteiger partial charge in [-0.15, -0.1) is 0 Å². The van der Waals surface area contributed by atoms with Crippen LogP contribution in [0.3, 0.4) is 0 Å². The lowest BCUT2D eigenvalue weighted by Gasteiger charge is -2.37. The molecule has 0 saturated carbocycles. The van der Waals surface area contributed by atoms with Crippen molar-refractivity contribution in [2.75, 3.05) is 0 Å². The lowest BCUT2D eigenvalue weighted by Crippen LogP contribution is -2.50. The minimum atomic E-state index is -3.97. The molecule has 1 aromatic heterocycles. The highest BCUT2D eigenvalue weighted by atomic mass is 32.2. The summed E-state index contributed by atoms with van der Waals surface area (Å²) in [6, 6.07) is 12.3. The Labute approximate surface area is 157 Å². The highest BCUT2D eigenvalue weighted by Crippen LogP contribution is 2.40. The second-order valence-corrected chi connectivity index (χ2v) is 8.79. The fourth-order valence-electron chi connectivity index (χ4n) is 3.88. The van der Waals surface area contributed by atoms with Gasteiger partial charge in [0.1, 0.15) is 6.04 Å². The Morgan fingerprint density at radius 1 is 1.15 bits per heavy atom. The van der Waals surface area contributed by atoms with Crippen molar-refractivity contribution in [1.82, 2.24) is 9.29 Å². The summed E-state index contributed by atoms with van der Waals surface area (Å²) < 4.78 is 27.7. The molecule has 1 aliphatic rings. The minimum Gasteiger partial charge on any atom is -0.480 e. The van der Waals surface area contributed by atoms with Gasteiger partial charge < -0.3 is 10.1 Å². The summed E-state index contributed by atoms with van der Waals surface area (Å²) in [5.74, 6) is -1.14. The Morgan fingerprint density at radius 2 is 1.81 bits per heavy atom. The molecule has 140 valence electrons. The van der Waals surface area contributed by atoms with Crippen LogP contribution in [0.1, 0.15) is 29.8 Å². The maximum absolute atomic E-state index is 13.3. The van der Waals surface area contributed by atoms with Crippen LogP contribution in [0.2, 0.25) is 0 Å². The van der Waals surface area contributed by atoms with Gasteiger partial charge in [0.15, 0.2) is 0 Å². The van der Waals surface area contributed by atoms with E-state index in [0.29, 0.717) is 0 Å². The number of carboxylic acid groups (broad SMARTS) is 1. The van der Waals surface area contributed by atoms with E-state index >= 15 is 0 Å². The third kappa shape index (κ3) is 2.74. The van der Waals surface area contributed by atoms with E-state index in [-0.39, 0.29) is 11.3 Å². The molecule has 0 spiro atoms. The van der Waals surface area contributed by atoms with Crippen molar-refractivity contribution in [1.29, 1.82) is 0 Å². The molecule has 3 aromatic rings. The first-order valence-corrected chi connectivity index (χ1v) is 10.2. The van der Waals surface area contributed by atoms with Crippen LogP contribution in [0.4, 0.5) is 0 Å². The molecule has 0 fully saturated rings. The first-order chi connectivity index (χ1) is 12.8. The quantitative estimate of drug-likeness (QED) is 0.725. The van der Waals surface area contributed by atoms with Gasteiger partial charge in [0.05, 0.1) is 10.9 Å². The SMILES string of the molecule is Cc1ccc(S(=O)(=O)N2C(C(=O)O)Cc3c([nH]c4ccccc34)C2C)cc1. The van der Waals surface area contributed by atoms with Crippen molar-refractivity contribution < 1.29 is 18.3 Å². The van der Waals surface area contributed by atoms with Crippen molar-refractivity contribution in [2.24, 2.45) is 0 Å². The van der Waals surface area contributed by atoms with Crippen LogP contribution < -0.4 is 0 Å². The lowest BCUT2D eigenvalue weighted by molar-refractivity contribution is -0.142. The van der Waals surface area contributed by atoms with E-state index in [0.717, 1.165) is 32.0 Å². The van der Waals surface area contributed by atoms with Gasteiger partial charge in [0.2, 0.25) is 10.0 Å². The van der Waals surface area contributed by atoms with E-state index in [4.69, 9.17) is 0 Å². The van der Waals surface area contributed by atoms with Crippen LogP contribution in [0.25, 0.3) is 10.9 Å². The third-order valence-electron chi connectivity index (χ3n) is 5.23. The summed E-state index contributed by atoms with van der Waals surface area (Å²) in [7, 11) is -3.97. The summed E-state index contributed by atoms with van der Waals surface area (Å²) in [6.07, 6.45) is 0.129. The zero-order chi connectivity index (χ0) is 19.3. The van der Waals surface area contributed by atoms with Gasteiger partial charge in [-0.25, -0.2) is 8.42 Å². The number of hydrogen-bond acceptors (Lipinski definition) is 3. The molecule has 2 atom stereocenters. The maximum atomic E-state index is 13.3. The number of aliphatic carboxylic acids is 1. The third-order valence-corrected chi connectivity index (χ3v) is 7.23. The molecule has 1 aliphatic heterocycles. The van der Waals surface area contributed by atoms with Crippen LogP contribution in [0.15, 0.2) is 53.4 Å². The number of hydrogen-bond donors (Lipinski definition) is 2. The van der Waals surface area contributed by atoms with E-state index in [1.54, 1.807) is 19.1 Å². The van der Waals surface area contributed by atoms with Crippen LogP contribution >= 0.6 is 0 Å². The molecule has 2 aromatic carbocycles. The average Bonchev–Trinajstić information content (AvgIpc) is 3.01. The van der Waals surface area contributed by atoms with Gasteiger partial charge in [0.25, 0.3) is 0 Å². The molecule has 0 saturated heterocycles. The second kappa shape index (κ2) is 6.21. The number of nitrogens with one attached hydrogen (secondary N) is 1. The molecular weight excluding hydrogens is 364 g/mol. The number of aromatic nitrogens is 1. The van der Waals surface area contributed by atoms with Crippen LogP contribution in [-0.4, -0.2) is 34.8 Å². The van der Waals surface area contributed by atoms with Gasteiger partial charge in [0, 0.05) is 23.0 Å². The number of carboxylic acids is 1. The van der Waals surface area contributed by atoms with E-state index in [1.165, 1.54) is 12.1 Å². The monoisotopic (exact) mass is 384 g/mol. The van der Waals surface area contributed by atoms with E-state index < -0.39 is 28.1 Å². The Kier molecular flexibility index (Phi) is 4.09. The number of rotatable bonds is 3. The van der Waals surface area contributed by atoms with Crippen molar-refractivity contribution in [2.45, 2.75) is 37.2 Å². The van der Waals surface area contributed by atoms with Crippen LogP contribution in [0.5, 0.6) is 0 Å². The Bertz CT molecular complexity index is 1130. The molecule has 0 radical (unpaired) electrons.